The van der Waals surface area contributed by atoms with E-state index in [1.807, 2.05) is 6.26 Å². The Bertz CT molecular complexity index is 549. The molecule has 0 saturated heterocycles. The fourth-order valence-corrected chi connectivity index (χ4v) is 3.27. The van der Waals surface area contributed by atoms with Crippen LogP contribution < -0.4 is 0 Å². The van der Waals surface area contributed by atoms with E-state index < -0.39 is 33.2 Å². The van der Waals surface area contributed by atoms with Crippen LogP contribution in [0.1, 0.15) is 5.56 Å². The molecule has 108 valence electrons. The monoisotopic (exact) mass is 311 g/mol. The molecule has 1 aromatic rings. The highest BCUT2D eigenvalue weighted by Gasteiger charge is 2.26. The number of benzene rings is 1. The molecule has 0 unspecified atom stereocenters. The maximum atomic E-state index is 13.6. The summed E-state index contributed by atoms with van der Waals surface area (Å²) in [6, 6.07) is 1.72. The molecule has 0 atom stereocenters. The summed E-state index contributed by atoms with van der Waals surface area (Å²) < 4.78 is 52.1. The number of sulfonamides is 1. The normalized spacial score (nSPS) is 12.1. The van der Waals surface area contributed by atoms with Crippen molar-refractivity contribution in [1.29, 1.82) is 0 Å². The maximum absolute atomic E-state index is 13.6. The van der Waals surface area contributed by atoms with Gasteiger partial charge < -0.3 is 5.11 Å². The Morgan fingerprint density at radius 1 is 1.37 bits per heavy atom. The summed E-state index contributed by atoms with van der Waals surface area (Å²) in [6.45, 7) is -0.373. The first-order chi connectivity index (χ1) is 8.84. The quantitative estimate of drug-likeness (QED) is 0.864. The largest absolute Gasteiger partial charge is 0.392 e. The molecule has 0 fully saturated rings. The summed E-state index contributed by atoms with van der Waals surface area (Å²) in [6.07, 6.45) is 1.81. The van der Waals surface area contributed by atoms with Crippen molar-refractivity contribution in [3.8, 4) is 0 Å². The molecule has 19 heavy (non-hydrogen) atoms. The summed E-state index contributed by atoms with van der Waals surface area (Å²) >= 11 is 1.44. The Hall–Kier alpha value is -0.700. The topological polar surface area (TPSA) is 57.6 Å². The average Bonchev–Trinajstić information content (AvgIpc) is 2.38. The van der Waals surface area contributed by atoms with Crippen molar-refractivity contribution in [2.75, 3.05) is 25.6 Å². The van der Waals surface area contributed by atoms with Gasteiger partial charge in [-0.05, 0) is 24.0 Å². The fourth-order valence-electron chi connectivity index (χ4n) is 1.40. The molecular weight excluding hydrogens is 296 g/mol. The van der Waals surface area contributed by atoms with E-state index in [0.717, 1.165) is 16.4 Å². The van der Waals surface area contributed by atoms with Crippen LogP contribution in [0.3, 0.4) is 0 Å². The molecule has 0 aromatic heterocycles. The van der Waals surface area contributed by atoms with Gasteiger partial charge in [-0.2, -0.15) is 11.8 Å². The van der Waals surface area contributed by atoms with E-state index in [0.29, 0.717) is 5.75 Å². The third kappa shape index (κ3) is 3.65. The molecule has 0 aliphatic heterocycles. The lowest BCUT2D eigenvalue weighted by atomic mass is 10.2. The molecule has 0 radical (unpaired) electrons. The number of nitrogens with zero attached hydrogens (tertiary/aromatic N) is 1. The second-order valence-corrected chi connectivity index (χ2v) is 6.87. The molecule has 0 heterocycles. The molecule has 0 saturated carbocycles. The third-order valence-electron chi connectivity index (χ3n) is 2.54. The van der Waals surface area contributed by atoms with Gasteiger partial charge in [0.05, 0.1) is 6.61 Å². The van der Waals surface area contributed by atoms with Crippen molar-refractivity contribution in [2.45, 2.75) is 11.5 Å². The molecule has 0 bridgehead atoms. The number of rotatable bonds is 6. The molecule has 0 aliphatic carbocycles. The highest BCUT2D eigenvalue weighted by Crippen LogP contribution is 2.22. The van der Waals surface area contributed by atoms with Crippen LogP contribution >= 0.6 is 11.8 Å². The minimum atomic E-state index is -4.10. The Morgan fingerprint density at radius 3 is 2.53 bits per heavy atom. The van der Waals surface area contributed by atoms with E-state index in [4.69, 9.17) is 5.11 Å². The Labute approximate surface area is 115 Å². The number of hydrogen-bond acceptors (Lipinski definition) is 4. The first kappa shape index (κ1) is 16.4. The SMILES string of the molecule is CSCCN(C)S(=O)(=O)c1cc(CO)cc(F)c1F. The van der Waals surface area contributed by atoms with Gasteiger partial charge in [0.15, 0.2) is 11.6 Å². The van der Waals surface area contributed by atoms with Crippen LogP contribution in [0.25, 0.3) is 0 Å². The van der Waals surface area contributed by atoms with Gasteiger partial charge in [0, 0.05) is 19.3 Å². The summed E-state index contributed by atoms with van der Waals surface area (Å²) in [5.41, 5.74) is 0.00995. The predicted octanol–water partition coefficient (Wildman–Crippen LogP) is 1.44. The van der Waals surface area contributed by atoms with Gasteiger partial charge >= 0.3 is 0 Å². The Balaban J connectivity index is 3.24. The van der Waals surface area contributed by atoms with Gasteiger partial charge in [-0.25, -0.2) is 21.5 Å². The minimum absolute atomic E-state index is 0.00995. The Morgan fingerprint density at radius 2 is 2.00 bits per heavy atom. The van der Waals surface area contributed by atoms with E-state index in [2.05, 4.69) is 0 Å². The minimum Gasteiger partial charge on any atom is -0.392 e. The zero-order valence-electron chi connectivity index (χ0n) is 10.6. The molecular formula is C11H15F2NO3S2. The summed E-state index contributed by atoms with van der Waals surface area (Å²) in [5.74, 6) is -2.17. The van der Waals surface area contributed by atoms with Crippen LogP contribution in [0.2, 0.25) is 0 Å². The van der Waals surface area contributed by atoms with Crippen LogP contribution in [0, 0.1) is 11.6 Å². The number of hydrogen-bond donors (Lipinski definition) is 1. The average molecular weight is 311 g/mol. The van der Waals surface area contributed by atoms with Gasteiger partial charge in [0.1, 0.15) is 4.90 Å². The Kier molecular flexibility index (Phi) is 5.72. The molecule has 0 amide bonds. The predicted molar refractivity (Wildman–Crippen MR) is 70.5 cm³/mol. The van der Waals surface area contributed by atoms with E-state index in [-0.39, 0.29) is 12.1 Å². The smallest absolute Gasteiger partial charge is 0.245 e. The van der Waals surface area contributed by atoms with Crippen molar-refractivity contribution >= 4 is 21.8 Å². The van der Waals surface area contributed by atoms with E-state index in [1.54, 1.807) is 0 Å². The van der Waals surface area contributed by atoms with Gasteiger partial charge in [-0.15, -0.1) is 0 Å². The van der Waals surface area contributed by atoms with Crippen LogP contribution in [0.5, 0.6) is 0 Å². The number of aliphatic hydroxyl groups excluding tert-OH is 1. The van der Waals surface area contributed by atoms with Crippen LogP contribution in [0.4, 0.5) is 8.78 Å². The number of aliphatic hydroxyl groups is 1. The first-order valence-electron chi connectivity index (χ1n) is 5.38. The second-order valence-electron chi connectivity index (χ2n) is 3.87. The summed E-state index contributed by atoms with van der Waals surface area (Å²) in [7, 11) is -2.80. The molecule has 1 N–H and O–H groups in total. The van der Waals surface area contributed by atoms with Crippen molar-refractivity contribution in [2.24, 2.45) is 0 Å². The van der Waals surface area contributed by atoms with E-state index in [9.17, 15) is 17.2 Å². The third-order valence-corrected chi connectivity index (χ3v) is 4.98. The molecule has 4 nitrogen and oxygen atoms in total. The lowest BCUT2D eigenvalue weighted by Gasteiger charge is -2.17. The van der Waals surface area contributed by atoms with Crippen LogP contribution in [-0.2, 0) is 16.6 Å². The van der Waals surface area contributed by atoms with E-state index >= 15 is 0 Å². The lowest BCUT2D eigenvalue weighted by molar-refractivity contribution is 0.280. The van der Waals surface area contributed by atoms with Crippen LogP contribution in [-0.4, -0.2) is 43.4 Å². The molecule has 0 spiro atoms. The fraction of sp³-hybridized carbons (Fsp3) is 0.455. The lowest BCUT2D eigenvalue weighted by Crippen LogP contribution is -2.30. The van der Waals surface area contributed by atoms with E-state index in [1.165, 1.54) is 18.8 Å². The standard InChI is InChI=1S/C11H15F2NO3S2/c1-14(3-4-18-2)19(16,17)10-6-8(7-15)5-9(12)11(10)13/h5-6,15H,3-4,7H2,1-2H3. The molecule has 0 aliphatic rings. The molecule has 1 aromatic carbocycles. The van der Waals surface area contributed by atoms with Crippen molar-refractivity contribution in [3.05, 3.63) is 29.3 Å². The maximum Gasteiger partial charge on any atom is 0.245 e. The second kappa shape index (κ2) is 6.65. The van der Waals surface area contributed by atoms with Gasteiger partial charge in [0.2, 0.25) is 10.0 Å². The number of thioether (sulfide) groups is 1. The van der Waals surface area contributed by atoms with Gasteiger partial charge in [-0.1, -0.05) is 0 Å². The summed E-state index contributed by atoms with van der Waals surface area (Å²) in [5, 5.41) is 8.92. The number of halogens is 2. The first-order valence-corrected chi connectivity index (χ1v) is 8.22. The van der Waals surface area contributed by atoms with Gasteiger partial charge in [0.25, 0.3) is 0 Å². The van der Waals surface area contributed by atoms with Crippen molar-refractivity contribution in [3.63, 3.8) is 0 Å². The summed E-state index contributed by atoms with van der Waals surface area (Å²) in [4.78, 5) is -0.750. The van der Waals surface area contributed by atoms with Crippen molar-refractivity contribution < 1.29 is 22.3 Å². The molecule has 1 rings (SSSR count). The van der Waals surface area contributed by atoms with Gasteiger partial charge in [-0.3, -0.25) is 0 Å². The molecule has 8 heteroatoms. The highest BCUT2D eigenvalue weighted by atomic mass is 32.2. The van der Waals surface area contributed by atoms with Crippen LogP contribution in [0.15, 0.2) is 17.0 Å². The highest BCUT2D eigenvalue weighted by molar-refractivity contribution is 7.98. The zero-order valence-corrected chi connectivity index (χ0v) is 12.2. The zero-order chi connectivity index (χ0) is 14.6. The van der Waals surface area contributed by atoms with Crippen molar-refractivity contribution in [1.82, 2.24) is 4.31 Å².